The van der Waals surface area contributed by atoms with E-state index in [0.717, 1.165) is 29.4 Å². The SMILES string of the molecule is C=CC[C@H](CC)N(C(=O)OCc1ccccc1)[C@@H](C)c1cccc2ccccc12. The third-order valence-electron chi connectivity index (χ3n) is 5.41. The fourth-order valence-electron chi connectivity index (χ4n) is 3.85. The van der Waals surface area contributed by atoms with E-state index in [1.54, 1.807) is 0 Å². The van der Waals surface area contributed by atoms with Gasteiger partial charge in [0, 0.05) is 6.04 Å². The molecule has 3 aromatic carbocycles. The third kappa shape index (κ3) is 4.86. The summed E-state index contributed by atoms with van der Waals surface area (Å²) in [7, 11) is 0. The summed E-state index contributed by atoms with van der Waals surface area (Å²) in [5.41, 5.74) is 2.11. The molecule has 3 heteroatoms. The minimum absolute atomic E-state index is 0.0322. The lowest BCUT2D eigenvalue weighted by atomic mass is 9.97. The second-order valence-electron chi connectivity index (χ2n) is 7.28. The molecular formula is C26H29NO2. The summed E-state index contributed by atoms with van der Waals surface area (Å²) in [6.45, 7) is 8.33. The second-order valence-corrected chi connectivity index (χ2v) is 7.28. The fraction of sp³-hybridized carbons (Fsp3) is 0.269. The van der Waals surface area contributed by atoms with Gasteiger partial charge in [-0.15, -0.1) is 6.58 Å². The number of carbonyl (C=O) groups excluding carboxylic acids is 1. The van der Waals surface area contributed by atoms with Crippen molar-refractivity contribution in [3.63, 3.8) is 0 Å². The van der Waals surface area contributed by atoms with Crippen LogP contribution in [0.1, 0.15) is 43.9 Å². The lowest BCUT2D eigenvalue weighted by Crippen LogP contribution is -2.42. The Morgan fingerprint density at radius 3 is 2.45 bits per heavy atom. The van der Waals surface area contributed by atoms with Gasteiger partial charge in [0.1, 0.15) is 6.61 Å². The fourth-order valence-corrected chi connectivity index (χ4v) is 3.85. The molecule has 29 heavy (non-hydrogen) atoms. The molecule has 2 atom stereocenters. The first-order chi connectivity index (χ1) is 14.2. The van der Waals surface area contributed by atoms with Crippen molar-refractivity contribution in [1.29, 1.82) is 0 Å². The highest BCUT2D eigenvalue weighted by molar-refractivity contribution is 5.86. The lowest BCUT2D eigenvalue weighted by molar-refractivity contribution is 0.0632. The summed E-state index contributed by atoms with van der Waals surface area (Å²) < 4.78 is 5.73. The van der Waals surface area contributed by atoms with E-state index in [4.69, 9.17) is 4.74 Å². The molecule has 0 aliphatic rings. The minimum atomic E-state index is -0.289. The molecule has 0 saturated carbocycles. The molecule has 0 fully saturated rings. The number of fused-ring (bicyclic) bond motifs is 1. The van der Waals surface area contributed by atoms with Crippen molar-refractivity contribution in [3.8, 4) is 0 Å². The quantitative estimate of drug-likeness (QED) is 0.394. The Hall–Kier alpha value is -3.07. The molecule has 0 saturated heterocycles. The summed E-state index contributed by atoms with van der Waals surface area (Å²) in [6.07, 6.45) is 3.15. The van der Waals surface area contributed by atoms with Gasteiger partial charge >= 0.3 is 6.09 Å². The topological polar surface area (TPSA) is 29.5 Å². The van der Waals surface area contributed by atoms with Crippen LogP contribution in [0.2, 0.25) is 0 Å². The number of benzene rings is 3. The molecule has 3 aromatic rings. The molecule has 0 bridgehead atoms. The van der Waals surface area contributed by atoms with Crippen molar-refractivity contribution in [2.24, 2.45) is 0 Å². The summed E-state index contributed by atoms with van der Waals surface area (Å²) in [6, 6.07) is 24.3. The van der Waals surface area contributed by atoms with Crippen molar-refractivity contribution in [2.45, 2.75) is 45.4 Å². The van der Waals surface area contributed by atoms with Crippen LogP contribution in [0, 0.1) is 0 Å². The first-order valence-corrected chi connectivity index (χ1v) is 10.2. The molecule has 0 aliphatic carbocycles. The second kappa shape index (κ2) is 9.92. The summed E-state index contributed by atoms with van der Waals surface area (Å²) in [4.78, 5) is 15.1. The Morgan fingerprint density at radius 1 is 1.03 bits per heavy atom. The molecule has 0 radical (unpaired) electrons. The van der Waals surface area contributed by atoms with E-state index in [1.807, 2.05) is 53.4 Å². The minimum Gasteiger partial charge on any atom is -0.445 e. The molecule has 0 spiro atoms. The molecule has 0 heterocycles. The predicted molar refractivity (Wildman–Crippen MR) is 120 cm³/mol. The molecule has 3 rings (SSSR count). The van der Waals surface area contributed by atoms with E-state index >= 15 is 0 Å². The van der Waals surface area contributed by atoms with Crippen LogP contribution in [0.4, 0.5) is 4.79 Å². The average Bonchev–Trinajstić information content (AvgIpc) is 2.77. The van der Waals surface area contributed by atoms with Crippen LogP contribution in [0.15, 0.2) is 85.5 Å². The normalized spacial score (nSPS) is 12.9. The molecular weight excluding hydrogens is 358 g/mol. The van der Waals surface area contributed by atoms with Crippen molar-refractivity contribution < 1.29 is 9.53 Å². The Morgan fingerprint density at radius 2 is 1.72 bits per heavy atom. The van der Waals surface area contributed by atoms with Crippen LogP contribution >= 0.6 is 0 Å². The first-order valence-electron chi connectivity index (χ1n) is 10.2. The van der Waals surface area contributed by atoms with Gasteiger partial charge in [0.2, 0.25) is 0 Å². The van der Waals surface area contributed by atoms with E-state index in [-0.39, 0.29) is 24.8 Å². The Bertz CT molecular complexity index is 946. The number of nitrogens with zero attached hydrogens (tertiary/aromatic N) is 1. The summed E-state index contributed by atoms with van der Waals surface area (Å²) in [5.74, 6) is 0. The van der Waals surface area contributed by atoms with Crippen LogP contribution in [0.5, 0.6) is 0 Å². The maximum absolute atomic E-state index is 13.2. The third-order valence-corrected chi connectivity index (χ3v) is 5.41. The summed E-state index contributed by atoms with van der Waals surface area (Å²) >= 11 is 0. The summed E-state index contributed by atoms with van der Waals surface area (Å²) in [5, 5.41) is 2.34. The molecule has 0 aliphatic heterocycles. The van der Waals surface area contributed by atoms with E-state index in [1.165, 1.54) is 5.39 Å². The predicted octanol–water partition coefficient (Wildman–Crippen LogP) is 6.89. The van der Waals surface area contributed by atoms with E-state index in [9.17, 15) is 4.79 Å². The maximum atomic E-state index is 13.2. The maximum Gasteiger partial charge on any atom is 0.410 e. The van der Waals surface area contributed by atoms with Crippen LogP contribution in [-0.4, -0.2) is 17.0 Å². The van der Waals surface area contributed by atoms with Crippen LogP contribution in [0.3, 0.4) is 0 Å². The van der Waals surface area contributed by atoms with Gasteiger partial charge in [-0.25, -0.2) is 4.79 Å². The standard InChI is InChI=1S/C26H29NO2/c1-4-12-23(5-2)27(26(28)29-19-21-13-7-6-8-14-21)20(3)24-18-11-16-22-15-9-10-17-25(22)24/h4,6-11,13-18,20,23H,1,5,12,19H2,2-3H3/t20-,23-/m0/s1. The van der Waals surface area contributed by atoms with Crippen molar-refractivity contribution >= 4 is 16.9 Å². The number of carbonyl (C=O) groups is 1. The zero-order valence-electron chi connectivity index (χ0n) is 17.3. The molecule has 0 aromatic heterocycles. The van der Waals surface area contributed by atoms with Gasteiger partial charge in [-0.2, -0.15) is 0 Å². The van der Waals surface area contributed by atoms with Crippen molar-refractivity contribution in [1.82, 2.24) is 4.90 Å². The number of rotatable bonds is 8. The van der Waals surface area contributed by atoms with Crippen LogP contribution in [-0.2, 0) is 11.3 Å². The van der Waals surface area contributed by atoms with E-state index in [0.29, 0.717) is 0 Å². The molecule has 3 nitrogen and oxygen atoms in total. The van der Waals surface area contributed by atoms with Gasteiger partial charge in [-0.05, 0) is 41.7 Å². The zero-order chi connectivity index (χ0) is 20.6. The van der Waals surface area contributed by atoms with Crippen molar-refractivity contribution in [3.05, 3.63) is 96.6 Å². The van der Waals surface area contributed by atoms with Crippen molar-refractivity contribution in [2.75, 3.05) is 0 Å². The van der Waals surface area contributed by atoms with E-state index < -0.39 is 0 Å². The van der Waals surface area contributed by atoms with Gasteiger partial charge in [0.15, 0.2) is 0 Å². The largest absolute Gasteiger partial charge is 0.445 e. The lowest BCUT2D eigenvalue weighted by Gasteiger charge is -2.35. The monoisotopic (exact) mass is 387 g/mol. The number of ether oxygens (including phenoxy) is 1. The smallest absolute Gasteiger partial charge is 0.410 e. The van der Waals surface area contributed by atoms with Gasteiger partial charge in [-0.1, -0.05) is 85.8 Å². The Kier molecular flexibility index (Phi) is 7.07. The number of hydrogen-bond donors (Lipinski definition) is 0. The zero-order valence-corrected chi connectivity index (χ0v) is 17.3. The first kappa shape index (κ1) is 20.7. The van der Waals surface area contributed by atoms with Gasteiger partial charge in [-0.3, -0.25) is 4.90 Å². The Labute approximate surface area is 173 Å². The average molecular weight is 388 g/mol. The van der Waals surface area contributed by atoms with Crippen LogP contribution < -0.4 is 0 Å². The molecule has 0 N–H and O–H groups in total. The molecule has 150 valence electrons. The molecule has 0 unspecified atom stereocenters. The van der Waals surface area contributed by atoms with E-state index in [2.05, 4.69) is 50.8 Å². The number of hydrogen-bond acceptors (Lipinski definition) is 2. The van der Waals surface area contributed by atoms with Gasteiger partial charge < -0.3 is 4.74 Å². The van der Waals surface area contributed by atoms with Crippen LogP contribution in [0.25, 0.3) is 10.8 Å². The Balaban J connectivity index is 1.91. The highest BCUT2D eigenvalue weighted by atomic mass is 16.6. The van der Waals surface area contributed by atoms with Gasteiger partial charge in [0.05, 0.1) is 6.04 Å². The molecule has 1 amide bonds. The van der Waals surface area contributed by atoms with Gasteiger partial charge in [0.25, 0.3) is 0 Å². The highest BCUT2D eigenvalue weighted by Crippen LogP contribution is 2.31. The highest BCUT2D eigenvalue weighted by Gasteiger charge is 2.29. The number of amides is 1.